The summed E-state index contributed by atoms with van der Waals surface area (Å²) < 4.78 is 15.0. The molecular formula is C33H51FN2S. The highest BCUT2D eigenvalue weighted by molar-refractivity contribution is 7.99. The van der Waals surface area contributed by atoms with Gasteiger partial charge in [-0.1, -0.05) is 75.6 Å². The summed E-state index contributed by atoms with van der Waals surface area (Å²) in [5.41, 5.74) is 10.7. The zero-order valence-electron chi connectivity index (χ0n) is 24.7. The largest absolute Gasteiger partial charge is 0.316 e. The molecule has 37 heavy (non-hydrogen) atoms. The molecule has 0 saturated heterocycles. The van der Waals surface area contributed by atoms with E-state index in [-0.39, 0.29) is 11.7 Å². The van der Waals surface area contributed by atoms with Gasteiger partial charge in [-0.2, -0.15) is 11.8 Å². The maximum absolute atomic E-state index is 15.0. The first-order valence-electron chi connectivity index (χ1n) is 14.2. The lowest BCUT2D eigenvalue weighted by atomic mass is 9.85. The maximum atomic E-state index is 15.0. The summed E-state index contributed by atoms with van der Waals surface area (Å²) >= 11 is 2.03. The second-order valence-electron chi connectivity index (χ2n) is 11.1. The monoisotopic (exact) mass is 526 g/mol. The Morgan fingerprint density at radius 2 is 1.95 bits per heavy atom. The molecule has 4 heteroatoms. The topological polar surface area (TPSA) is 15.3 Å². The van der Waals surface area contributed by atoms with Gasteiger partial charge >= 0.3 is 0 Å². The number of rotatable bonds is 15. The average molecular weight is 527 g/mol. The van der Waals surface area contributed by atoms with E-state index in [1.165, 1.54) is 40.0 Å². The van der Waals surface area contributed by atoms with E-state index in [9.17, 15) is 0 Å². The van der Waals surface area contributed by atoms with Crippen LogP contribution in [-0.4, -0.2) is 30.1 Å². The molecule has 1 aromatic carbocycles. The molecule has 206 valence electrons. The van der Waals surface area contributed by atoms with Gasteiger partial charge in [0.25, 0.3) is 0 Å². The maximum Gasteiger partial charge on any atom is 0.122 e. The number of thioether (sulfide) groups is 1. The molecule has 2 atom stereocenters. The third-order valence-corrected chi connectivity index (χ3v) is 8.68. The SMILES string of the molecule is CCC(C)CSC/C=C(\C)CCN(/C=C(\C)CCC1=CCC(c2ccc(C)c(C(C)C)c2)C=C1F)NC. The van der Waals surface area contributed by atoms with Crippen molar-refractivity contribution in [2.24, 2.45) is 5.92 Å². The van der Waals surface area contributed by atoms with Crippen LogP contribution in [0.25, 0.3) is 0 Å². The minimum Gasteiger partial charge on any atom is -0.316 e. The molecule has 0 heterocycles. The van der Waals surface area contributed by atoms with Crippen LogP contribution in [0, 0.1) is 12.8 Å². The molecule has 2 nitrogen and oxygen atoms in total. The standard InChI is InChI=1S/C33H51FN2S/c1-9-25(4)23-37-19-17-26(5)16-18-36(35-8)22-27(6)10-12-29-14-15-31(21-33(29)34)30-13-11-28(7)32(20-30)24(2)3/h11,13-14,17,20-22,24-25,31,35H,9-10,12,15-16,18-19,23H2,1-8H3/b26-17+,27-22+. The molecule has 0 fully saturated rings. The lowest BCUT2D eigenvalue weighted by molar-refractivity contribution is 0.299. The molecule has 0 bridgehead atoms. The van der Waals surface area contributed by atoms with Gasteiger partial charge in [0.1, 0.15) is 5.83 Å². The molecule has 0 saturated carbocycles. The number of benzene rings is 1. The third kappa shape index (κ3) is 10.9. The van der Waals surface area contributed by atoms with E-state index in [0.29, 0.717) is 5.92 Å². The summed E-state index contributed by atoms with van der Waals surface area (Å²) in [7, 11) is 1.97. The van der Waals surface area contributed by atoms with E-state index in [0.717, 1.165) is 49.5 Å². The third-order valence-electron chi connectivity index (χ3n) is 7.47. The fourth-order valence-corrected chi connectivity index (χ4v) is 5.75. The van der Waals surface area contributed by atoms with E-state index in [1.54, 1.807) is 0 Å². The van der Waals surface area contributed by atoms with Crippen molar-refractivity contribution >= 4 is 11.8 Å². The number of hydrogen-bond donors (Lipinski definition) is 1. The quantitative estimate of drug-likeness (QED) is 0.139. The number of halogens is 1. The first-order valence-corrected chi connectivity index (χ1v) is 15.3. The summed E-state index contributed by atoms with van der Waals surface area (Å²) in [6.07, 6.45) is 13.3. The zero-order chi connectivity index (χ0) is 27.4. The van der Waals surface area contributed by atoms with Crippen molar-refractivity contribution in [1.29, 1.82) is 0 Å². The Morgan fingerprint density at radius 3 is 2.59 bits per heavy atom. The second kappa shape index (κ2) is 16.2. The zero-order valence-corrected chi connectivity index (χ0v) is 25.5. The van der Waals surface area contributed by atoms with Gasteiger partial charge in [-0.3, -0.25) is 0 Å². The van der Waals surface area contributed by atoms with Crippen LogP contribution in [0.4, 0.5) is 4.39 Å². The van der Waals surface area contributed by atoms with E-state index >= 15 is 4.39 Å². The number of aryl methyl sites for hydroxylation is 1. The molecular weight excluding hydrogens is 475 g/mol. The summed E-state index contributed by atoms with van der Waals surface area (Å²) in [6.45, 7) is 16.5. The van der Waals surface area contributed by atoms with Crippen LogP contribution < -0.4 is 5.43 Å². The Labute approximate surface area is 231 Å². The van der Waals surface area contributed by atoms with Crippen LogP contribution in [0.15, 0.2) is 65.2 Å². The lowest BCUT2D eigenvalue weighted by Gasteiger charge is -2.22. The lowest BCUT2D eigenvalue weighted by Crippen LogP contribution is -2.31. The normalized spacial score (nSPS) is 17.6. The van der Waals surface area contributed by atoms with Crippen LogP contribution in [0.5, 0.6) is 0 Å². The molecule has 0 aliphatic heterocycles. The van der Waals surface area contributed by atoms with Crippen molar-refractivity contribution in [2.75, 3.05) is 25.1 Å². The van der Waals surface area contributed by atoms with Crippen LogP contribution >= 0.6 is 11.8 Å². The van der Waals surface area contributed by atoms with Gasteiger partial charge in [0.15, 0.2) is 0 Å². The second-order valence-corrected chi connectivity index (χ2v) is 12.2. The number of nitrogens with one attached hydrogen (secondary N) is 1. The summed E-state index contributed by atoms with van der Waals surface area (Å²) in [4.78, 5) is 0. The average Bonchev–Trinajstić information content (AvgIpc) is 2.88. The van der Waals surface area contributed by atoms with Crippen molar-refractivity contribution in [3.8, 4) is 0 Å². The predicted molar refractivity (Wildman–Crippen MR) is 164 cm³/mol. The highest BCUT2D eigenvalue weighted by Gasteiger charge is 2.18. The number of allylic oxidation sites excluding steroid dienone is 5. The molecule has 0 spiro atoms. The highest BCUT2D eigenvalue weighted by Crippen LogP contribution is 2.35. The van der Waals surface area contributed by atoms with Gasteiger partial charge in [0.05, 0.1) is 0 Å². The van der Waals surface area contributed by atoms with Gasteiger partial charge in [0.2, 0.25) is 0 Å². The molecule has 1 aliphatic carbocycles. The molecule has 1 aliphatic rings. The first-order chi connectivity index (χ1) is 17.6. The van der Waals surface area contributed by atoms with Crippen LogP contribution in [0.3, 0.4) is 0 Å². The number of hydrogen-bond acceptors (Lipinski definition) is 3. The molecule has 1 N–H and O–H groups in total. The number of nitrogens with zero attached hydrogens (tertiary/aromatic N) is 1. The Balaban J connectivity index is 1.85. The summed E-state index contributed by atoms with van der Waals surface area (Å²) in [5, 5.41) is 2.15. The van der Waals surface area contributed by atoms with Crippen molar-refractivity contribution in [3.05, 3.63) is 81.9 Å². The van der Waals surface area contributed by atoms with Crippen molar-refractivity contribution in [3.63, 3.8) is 0 Å². The molecule has 2 unspecified atom stereocenters. The van der Waals surface area contributed by atoms with E-state index in [1.807, 2.05) is 24.9 Å². The van der Waals surface area contributed by atoms with Crippen LogP contribution in [0.2, 0.25) is 0 Å². The minimum absolute atomic E-state index is 0.0480. The molecule has 0 radical (unpaired) electrons. The highest BCUT2D eigenvalue weighted by atomic mass is 32.2. The van der Waals surface area contributed by atoms with E-state index in [4.69, 9.17) is 0 Å². The summed E-state index contributed by atoms with van der Waals surface area (Å²) in [5.74, 6) is 3.70. The smallest absolute Gasteiger partial charge is 0.122 e. The van der Waals surface area contributed by atoms with E-state index in [2.05, 4.69) is 95.5 Å². The van der Waals surface area contributed by atoms with Crippen molar-refractivity contribution in [1.82, 2.24) is 10.4 Å². The molecule has 0 amide bonds. The minimum atomic E-state index is -0.0480. The van der Waals surface area contributed by atoms with Crippen molar-refractivity contribution in [2.45, 2.75) is 92.4 Å². The summed E-state index contributed by atoms with van der Waals surface area (Å²) in [6, 6.07) is 6.62. The van der Waals surface area contributed by atoms with Gasteiger partial charge in [-0.25, -0.2) is 9.82 Å². The van der Waals surface area contributed by atoms with Crippen LogP contribution in [0.1, 0.15) is 102 Å². The Morgan fingerprint density at radius 1 is 1.19 bits per heavy atom. The van der Waals surface area contributed by atoms with Gasteiger partial charge < -0.3 is 5.01 Å². The molecule has 2 rings (SSSR count). The predicted octanol–water partition coefficient (Wildman–Crippen LogP) is 9.62. The Bertz CT molecular complexity index is 973. The first kappa shape index (κ1) is 31.4. The molecule has 1 aromatic rings. The molecule has 0 aromatic heterocycles. The van der Waals surface area contributed by atoms with Gasteiger partial charge in [-0.15, -0.1) is 0 Å². The van der Waals surface area contributed by atoms with E-state index < -0.39 is 0 Å². The Kier molecular flexibility index (Phi) is 13.8. The fraction of sp³-hybridized carbons (Fsp3) is 0.576. The van der Waals surface area contributed by atoms with Gasteiger partial charge in [0, 0.05) is 31.5 Å². The van der Waals surface area contributed by atoms with Crippen molar-refractivity contribution < 1.29 is 4.39 Å². The van der Waals surface area contributed by atoms with Crippen LogP contribution in [-0.2, 0) is 0 Å². The van der Waals surface area contributed by atoms with Gasteiger partial charge in [-0.05, 0) is 92.4 Å². The fourth-order valence-electron chi connectivity index (χ4n) is 4.57. The Hall–Kier alpha value is -1.78. The number of hydrazine groups is 1.